The summed E-state index contributed by atoms with van der Waals surface area (Å²) in [5, 5.41) is 7.52. The van der Waals surface area contributed by atoms with Crippen molar-refractivity contribution in [3.05, 3.63) is 65.9 Å². The minimum atomic E-state index is -0.609. The zero-order valence-corrected chi connectivity index (χ0v) is 16.5. The number of halogens is 1. The molecular formula is C20H25BFN7O. The van der Waals surface area contributed by atoms with Gasteiger partial charge in [-0.25, -0.2) is 4.39 Å². The van der Waals surface area contributed by atoms with E-state index in [1.165, 1.54) is 18.3 Å². The molecule has 2 aromatic rings. The van der Waals surface area contributed by atoms with Crippen LogP contribution in [-0.4, -0.2) is 48.1 Å². The number of nitrogens with zero attached hydrogens (tertiary/aromatic N) is 3. The topological polar surface area (TPSA) is 128 Å². The van der Waals surface area contributed by atoms with Crippen LogP contribution in [-0.2, 0) is 0 Å². The predicted molar refractivity (Wildman–Crippen MR) is 116 cm³/mol. The van der Waals surface area contributed by atoms with E-state index in [0.717, 1.165) is 13.0 Å². The number of hydrogen-bond donors (Lipinski definition) is 4. The van der Waals surface area contributed by atoms with Gasteiger partial charge in [-0.15, -0.1) is 0 Å². The first-order chi connectivity index (χ1) is 14.4. The lowest BCUT2D eigenvalue weighted by atomic mass is 9.76. The normalized spacial score (nSPS) is 20.5. The summed E-state index contributed by atoms with van der Waals surface area (Å²) in [5.41, 5.74) is 18.4. The Hall–Kier alpha value is -3.27. The summed E-state index contributed by atoms with van der Waals surface area (Å²) in [5.74, 6) is -0.864. The van der Waals surface area contributed by atoms with Crippen molar-refractivity contribution in [1.82, 2.24) is 14.7 Å². The quantitative estimate of drug-likeness (QED) is 0.404. The van der Waals surface area contributed by atoms with E-state index in [2.05, 4.69) is 15.3 Å². The maximum atomic E-state index is 13.1. The maximum Gasteiger partial charge on any atom is 0.254 e. The number of primary amides is 1. The molecule has 3 rings (SSSR count). The molecule has 1 aromatic carbocycles. The van der Waals surface area contributed by atoms with Crippen LogP contribution in [0.4, 0.5) is 15.9 Å². The predicted octanol–water partition coefficient (Wildman–Crippen LogP) is 1.38. The van der Waals surface area contributed by atoms with E-state index in [4.69, 9.17) is 25.0 Å². The summed E-state index contributed by atoms with van der Waals surface area (Å²) < 4.78 is 14.8. The Kier molecular flexibility index (Phi) is 6.78. The van der Waals surface area contributed by atoms with Crippen molar-refractivity contribution < 1.29 is 9.18 Å². The molecule has 1 saturated heterocycles. The van der Waals surface area contributed by atoms with Crippen LogP contribution in [0, 0.1) is 5.82 Å². The average Bonchev–Trinajstić information content (AvgIpc) is 3.12. The summed E-state index contributed by atoms with van der Waals surface area (Å²) in [6.07, 6.45) is 7.21. The van der Waals surface area contributed by atoms with Crippen LogP contribution in [0.1, 0.15) is 22.8 Å². The van der Waals surface area contributed by atoms with Crippen molar-refractivity contribution in [2.45, 2.75) is 18.3 Å². The summed E-state index contributed by atoms with van der Waals surface area (Å²) >= 11 is 0. The number of amides is 1. The van der Waals surface area contributed by atoms with E-state index >= 15 is 0 Å². The molecule has 1 aliphatic heterocycles. The molecule has 0 saturated carbocycles. The number of carbonyl (C=O) groups excluding carboxylic acids is 1. The number of anilines is 2. The number of rotatable bonds is 7. The number of hydrogen-bond acceptors (Lipinski definition) is 6. The van der Waals surface area contributed by atoms with E-state index in [9.17, 15) is 9.18 Å². The van der Waals surface area contributed by atoms with E-state index < -0.39 is 5.91 Å². The molecule has 1 aromatic heterocycles. The second-order valence-corrected chi connectivity index (χ2v) is 7.25. The molecule has 2 heterocycles. The first-order valence-electron chi connectivity index (χ1n) is 9.59. The second kappa shape index (κ2) is 9.49. The van der Waals surface area contributed by atoms with Crippen molar-refractivity contribution in [3.8, 4) is 0 Å². The smallest absolute Gasteiger partial charge is 0.254 e. The molecule has 156 valence electrons. The number of nitrogens with one attached hydrogen (secondary N) is 1. The molecule has 1 unspecified atom stereocenters. The SMILES string of the molecule is [B][C@@H]1CN(C/C(N)=C/C=C\N)CCC1n1cc(C(N)=O)c(Nc2ccc(F)cc2)n1. The van der Waals surface area contributed by atoms with Crippen molar-refractivity contribution in [2.75, 3.05) is 25.0 Å². The largest absolute Gasteiger partial charge is 0.405 e. The molecule has 10 heteroatoms. The van der Waals surface area contributed by atoms with E-state index in [-0.39, 0.29) is 23.2 Å². The molecule has 30 heavy (non-hydrogen) atoms. The van der Waals surface area contributed by atoms with Crippen LogP contribution < -0.4 is 22.5 Å². The fourth-order valence-electron chi connectivity index (χ4n) is 3.51. The van der Waals surface area contributed by atoms with Gasteiger partial charge >= 0.3 is 0 Å². The van der Waals surface area contributed by atoms with Gasteiger partial charge in [0.25, 0.3) is 5.91 Å². The Morgan fingerprint density at radius 2 is 2.07 bits per heavy atom. The molecule has 0 bridgehead atoms. The Morgan fingerprint density at radius 1 is 1.33 bits per heavy atom. The van der Waals surface area contributed by atoms with Gasteiger partial charge in [0.05, 0.1) is 7.85 Å². The van der Waals surface area contributed by atoms with Gasteiger partial charge < -0.3 is 22.5 Å². The minimum Gasteiger partial charge on any atom is -0.405 e. The van der Waals surface area contributed by atoms with Crippen LogP contribution in [0.3, 0.4) is 0 Å². The number of likely N-dealkylation sites (tertiary alicyclic amines) is 1. The Balaban J connectivity index is 1.73. The number of carbonyl (C=O) groups is 1. The van der Waals surface area contributed by atoms with Crippen molar-refractivity contribution >= 4 is 25.3 Å². The highest BCUT2D eigenvalue weighted by Crippen LogP contribution is 2.32. The number of aromatic nitrogens is 2. The first-order valence-corrected chi connectivity index (χ1v) is 9.59. The number of nitrogens with two attached hydrogens (primary N) is 3. The summed E-state index contributed by atoms with van der Waals surface area (Å²) in [7, 11) is 6.41. The molecule has 2 atom stereocenters. The molecule has 2 radical (unpaired) electrons. The van der Waals surface area contributed by atoms with Gasteiger partial charge in [-0.3, -0.25) is 14.4 Å². The lowest BCUT2D eigenvalue weighted by Crippen LogP contribution is -2.40. The van der Waals surface area contributed by atoms with Crippen molar-refractivity contribution in [1.29, 1.82) is 0 Å². The molecule has 0 aliphatic carbocycles. The monoisotopic (exact) mass is 409 g/mol. The Morgan fingerprint density at radius 3 is 2.70 bits per heavy atom. The highest BCUT2D eigenvalue weighted by atomic mass is 19.1. The van der Waals surface area contributed by atoms with Gasteiger partial charge in [0.2, 0.25) is 0 Å². The summed E-state index contributed by atoms with van der Waals surface area (Å²) in [6.45, 7) is 1.98. The van der Waals surface area contributed by atoms with Gasteiger partial charge in [-0.2, -0.15) is 5.10 Å². The third-order valence-corrected chi connectivity index (χ3v) is 4.98. The van der Waals surface area contributed by atoms with Crippen LogP contribution in [0.5, 0.6) is 0 Å². The van der Waals surface area contributed by atoms with Gasteiger partial charge in [0, 0.05) is 36.7 Å². The van der Waals surface area contributed by atoms with Gasteiger partial charge in [0.1, 0.15) is 11.4 Å². The highest BCUT2D eigenvalue weighted by Gasteiger charge is 2.29. The average molecular weight is 409 g/mol. The van der Waals surface area contributed by atoms with Crippen LogP contribution in [0.15, 0.2) is 54.5 Å². The molecule has 1 aliphatic rings. The zero-order valence-electron chi connectivity index (χ0n) is 16.5. The van der Waals surface area contributed by atoms with Crippen LogP contribution in [0.25, 0.3) is 0 Å². The van der Waals surface area contributed by atoms with Crippen LogP contribution in [0.2, 0.25) is 5.82 Å². The third kappa shape index (κ3) is 5.21. The fraction of sp³-hybridized carbons (Fsp3) is 0.300. The number of piperidine rings is 1. The summed E-state index contributed by atoms with van der Waals surface area (Å²) in [6, 6.07) is 5.65. The van der Waals surface area contributed by atoms with Gasteiger partial charge in [-0.05, 0) is 61.4 Å². The lowest BCUT2D eigenvalue weighted by Gasteiger charge is -2.37. The molecule has 1 fully saturated rings. The summed E-state index contributed by atoms with van der Waals surface area (Å²) in [4.78, 5) is 14.1. The second-order valence-electron chi connectivity index (χ2n) is 7.25. The van der Waals surface area contributed by atoms with Crippen molar-refractivity contribution in [3.63, 3.8) is 0 Å². The highest BCUT2D eigenvalue weighted by molar-refractivity contribution is 6.12. The van der Waals surface area contributed by atoms with E-state index in [1.807, 2.05) is 0 Å². The lowest BCUT2D eigenvalue weighted by molar-refractivity contribution is 0.100. The third-order valence-electron chi connectivity index (χ3n) is 4.98. The van der Waals surface area contributed by atoms with E-state index in [1.54, 1.807) is 35.2 Å². The molecule has 0 spiro atoms. The standard InChI is InChI=1S/C20H25BFN7O/c21-17-12-28(10-14(24)2-1-8-23)9-7-18(17)29-11-16(19(25)30)20(27-29)26-15-5-3-13(22)4-6-15/h1-6,8,11,17-18H,7,9-10,12,23-24H2,(H2,25,30)(H,26,27)/b8-1-,14-2-/t17-,18?/m1/s1. The number of benzene rings is 1. The molecule has 1 amide bonds. The van der Waals surface area contributed by atoms with E-state index in [0.29, 0.717) is 30.3 Å². The van der Waals surface area contributed by atoms with Crippen LogP contribution >= 0.6 is 0 Å². The molecule has 8 nitrogen and oxygen atoms in total. The van der Waals surface area contributed by atoms with Gasteiger partial charge in [-0.1, -0.05) is 0 Å². The first kappa shape index (κ1) is 21.4. The van der Waals surface area contributed by atoms with Crippen molar-refractivity contribution in [2.24, 2.45) is 17.2 Å². The molecule has 7 N–H and O–H groups in total. The Labute approximate surface area is 176 Å². The molecular weight excluding hydrogens is 384 g/mol. The zero-order chi connectivity index (χ0) is 21.7. The fourth-order valence-corrected chi connectivity index (χ4v) is 3.51. The number of allylic oxidation sites excluding steroid dienone is 2. The Bertz CT molecular complexity index is 941. The van der Waals surface area contributed by atoms with Gasteiger partial charge in [0.15, 0.2) is 5.82 Å². The maximum absolute atomic E-state index is 13.1. The minimum absolute atomic E-state index is 0.0998.